The molecule has 1 aromatic heterocycles. The van der Waals surface area contributed by atoms with E-state index in [9.17, 15) is 8.42 Å². The summed E-state index contributed by atoms with van der Waals surface area (Å²) in [5.41, 5.74) is 1.88. The third-order valence-corrected chi connectivity index (χ3v) is 4.07. The van der Waals surface area contributed by atoms with Gasteiger partial charge < -0.3 is 0 Å². The Kier molecular flexibility index (Phi) is 2.65. The first-order chi connectivity index (χ1) is 7.18. The second-order valence-corrected chi connectivity index (χ2v) is 5.37. The topological polar surface area (TPSA) is 72.0 Å². The number of sulfonamides is 1. The fourth-order valence-electron chi connectivity index (χ4n) is 0.985. The SMILES string of the molecule is O=S(=O)(Nc1ccccc1)c1nncs1. The van der Waals surface area contributed by atoms with Crippen molar-refractivity contribution in [3.05, 3.63) is 35.8 Å². The molecule has 1 aromatic carbocycles. The molecule has 15 heavy (non-hydrogen) atoms. The molecular weight excluding hydrogens is 234 g/mol. The molecule has 0 amide bonds. The van der Waals surface area contributed by atoms with Gasteiger partial charge in [0.1, 0.15) is 5.51 Å². The van der Waals surface area contributed by atoms with Gasteiger partial charge in [-0.3, -0.25) is 4.72 Å². The minimum Gasteiger partial charge on any atom is -0.278 e. The van der Waals surface area contributed by atoms with Crippen LogP contribution in [0.15, 0.2) is 40.2 Å². The van der Waals surface area contributed by atoms with Crippen LogP contribution in [0.25, 0.3) is 0 Å². The van der Waals surface area contributed by atoms with Crippen molar-refractivity contribution in [3.63, 3.8) is 0 Å². The van der Waals surface area contributed by atoms with Gasteiger partial charge in [-0.15, -0.1) is 10.2 Å². The Bertz CT molecular complexity index is 522. The zero-order valence-corrected chi connectivity index (χ0v) is 9.12. The zero-order valence-electron chi connectivity index (χ0n) is 7.49. The minimum atomic E-state index is -3.58. The van der Waals surface area contributed by atoms with Crippen LogP contribution < -0.4 is 4.72 Å². The first-order valence-corrected chi connectivity index (χ1v) is 6.39. The maximum absolute atomic E-state index is 11.7. The molecule has 1 N–H and O–H groups in total. The molecule has 0 atom stereocenters. The molecule has 78 valence electrons. The maximum atomic E-state index is 11.7. The Hall–Kier alpha value is -1.47. The third-order valence-electron chi connectivity index (χ3n) is 1.60. The minimum absolute atomic E-state index is 0.0358. The lowest BCUT2D eigenvalue weighted by Crippen LogP contribution is -2.12. The van der Waals surface area contributed by atoms with Crippen LogP contribution in [-0.2, 0) is 10.0 Å². The van der Waals surface area contributed by atoms with Gasteiger partial charge in [0.25, 0.3) is 14.4 Å². The smallest absolute Gasteiger partial charge is 0.278 e. The third kappa shape index (κ3) is 2.31. The van der Waals surface area contributed by atoms with E-state index in [2.05, 4.69) is 14.9 Å². The maximum Gasteiger partial charge on any atom is 0.291 e. The van der Waals surface area contributed by atoms with E-state index in [0.717, 1.165) is 11.3 Å². The van der Waals surface area contributed by atoms with Gasteiger partial charge in [-0.25, -0.2) is 0 Å². The van der Waals surface area contributed by atoms with Crippen molar-refractivity contribution in [2.75, 3.05) is 4.72 Å². The molecule has 2 aromatic rings. The number of nitrogens with zero attached hydrogens (tertiary/aromatic N) is 2. The summed E-state index contributed by atoms with van der Waals surface area (Å²) in [6.07, 6.45) is 0. The average molecular weight is 241 g/mol. The van der Waals surface area contributed by atoms with E-state index in [1.165, 1.54) is 5.51 Å². The first-order valence-electron chi connectivity index (χ1n) is 4.02. The fraction of sp³-hybridized carbons (Fsp3) is 0. The number of para-hydroxylation sites is 1. The molecule has 0 spiro atoms. The van der Waals surface area contributed by atoms with Gasteiger partial charge in [-0.2, -0.15) is 8.42 Å². The summed E-state index contributed by atoms with van der Waals surface area (Å²) < 4.78 is 25.7. The first kappa shape index (κ1) is 10.1. The van der Waals surface area contributed by atoms with E-state index in [-0.39, 0.29) is 4.34 Å². The molecule has 0 saturated heterocycles. The van der Waals surface area contributed by atoms with Crippen molar-refractivity contribution in [1.29, 1.82) is 0 Å². The second kappa shape index (κ2) is 3.95. The summed E-state index contributed by atoms with van der Waals surface area (Å²) in [5.74, 6) is 0. The van der Waals surface area contributed by atoms with Crippen molar-refractivity contribution >= 4 is 27.0 Å². The number of aromatic nitrogens is 2. The normalized spacial score (nSPS) is 11.2. The summed E-state index contributed by atoms with van der Waals surface area (Å²) in [5, 5.41) is 6.98. The van der Waals surface area contributed by atoms with Crippen molar-refractivity contribution in [1.82, 2.24) is 10.2 Å². The molecule has 0 aliphatic carbocycles. The van der Waals surface area contributed by atoms with E-state index in [1.807, 2.05) is 6.07 Å². The van der Waals surface area contributed by atoms with Crippen LogP contribution in [0.4, 0.5) is 5.69 Å². The number of benzene rings is 1. The molecule has 1 heterocycles. The second-order valence-electron chi connectivity index (χ2n) is 2.68. The highest BCUT2D eigenvalue weighted by atomic mass is 32.2. The highest BCUT2D eigenvalue weighted by Crippen LogP contribution is 2.15. The Balaban J connectivity index is 2.27. The summed E-state index contributed by atoms with van der Waals surface area (Å²) in [7, 11) is -3.58. The van der Waals surface area contributed by atoms with Crippen LogP contribution >= 0.6 is 11.3 Å². The predicted octanol–water partition coefficient (Wildman–Crippen LogP) is 1.34. The van der Waals surface area contributed by atoms with E-state index in [0.29, 0.717) is 5.69 Å². The molecular formula is C8H7N3O2S2. The Morgan fingerprint density at radius 3 is 2.53 bits per heavy atom. The molecule has 7 heteroatoms. The summed E-state index contributed by atoms with van der Waals surface area (Å²) in [4.78, 5) is 0. The quantitative estimate of drug-likeness (QED) is 0.880. The molecule has 0 aliphatic heterocycles. The molecule has 2 rings (SSSR count). The number of rotatable bonds is 3. The van der Waals surface area contributed by atoms with Crippen molar-refractivity contribution < 1.29 is 8.42 Å². The zero-order chi connectivity index (χ0) is 10.7. The summed E-state index contributed by atoms with van der Waals surface area (Å²) >= 11 is 0.976. The fourth-order valence-corrected chi connectivity index (χ4v) is 2.71. The Labute approximate surface area is 90.8 Å². The predicted molar refractivity (Wildman–Crippen MR) is 57.2 cm³/mol. The van der Waals surface area contributed by atoms with Gasteiger partial charge in [0.15, 0.2) is 0 Å². The van der Waals surface area contributed by atoms with Gasteiger partial charge in [0, 0.05) is 5.69 Å². The van der Waals surface area contributed by atoms with Crippen LogP contribution in [0.5, 0.6) is 0 Å². The number of anilines is 1. The van der Waals surface area contributed by atoms with Crippen LogP contribution in [-0.4, -0.2) is 18.6 Å². The summed E-state index contributed by atoms with van der Waals surface area (Å²) in [6, 6.07) is 8.63. The van der Waals surface area contributed by atoms with Gasteiger partial charge in [-0.05, 0) is 12.1 Å². The van der Waals surface area contributed by atoms with Gasteiger partial charge in [0.2, 0.25) is 0 Å². The number of nitrogens with one attached hydrogen (secondary N) is 1. The van der Waals surface area contributed by atoms with E-state index in [4.69, 9.17) is 0 Å². The molecule has 5 nitrogen and oxygen atoms in total. The molecule has 0 radical (unpaired) electrons. The monoisotopic (exact) mass is 241 g/mol. The molecule has 0 unspecified atom stereocenters. The van der Waals surface area contributed by atoms with Crippen LogP contribution in [0.3, 0.4) is 0 Å². The highest BCUT2D eigenvalue weighted by Gasteiger charge is 2.17. The number of hydrogen-bond donors (Lipinski definition) is 1. The standard InChI is InChI=1S/C8H7N3O2S2/c12-15(13,8-10-9-6-14-8)11-7-4-2-1-3-5-7/h1-6,11H. The molecule has 0 aliphatic rings. The summed E-state index contributed by atoms with van der Waals surface area (Å²) in [6.45, 7) is 0. The Morgan fingerprint density at radius 2 is 1.93 bits per heavy atom. The van der Waals surface area contributed by atoms with Gasteiger partial charge >= 0.3 is 0 Å². The van der Waals surface area contributed by atoms with E-state index >= 15 is 0 Å². The van der Waals surface area contributed by atoms with Crippen LogP contribution in [0.2, 0.25) is 0 Å². The van der Waals surface area contributed by atoms with E-state index < -0.39 is 10.0 Å². The van der Waals surface area contributed by atoms with Gasteiger partial charge in [0.05, 0.1) is 0 Å². The lowest BCUT2D eigenvalue weighted by molar-refractivity contribution is 0.599. The molecule has 0 fully saturated rings. The number of hydrogen-bond acceptors (Lipinski definition) is 5. The van der Waals surface area contributed by atoms with Gasteiger partial charge in [-0.1, -0.05) is 29.5 Å². The van der Waals surface area contributed by atoms with Crippen LogP contribution in [0, 0.1) is 0 Å². The van der Waals surface area contributed by atoms with Crippen molar-refractivity contribution in [2.45, 2.75) is 4.34 Å². The molecule has 0 saturated carbocycles. The Morgan fingerprint density at radius 1 is 1.20 bits per heavy atom. The van der Waals surface area contributed by atoms with Crippen molar-refractivity contribution in [3.8, 4) is 0 Å². The lowest BCUT2D eigenvalue weighted by Gasteiger charge is -2.03. The highest BCUT2D eigenvalue weighted by molar-refractivity contribution is 7.94. The van der Waals surface area contributed by atoms with Crippen LogP contribution in [0.1, 0.15) is 0 Å². The van der Waals surface area contributed by atoms with E-state index in [1.54, 1.807) is 24.3 Å². The largest absolute Gasteiger partial charge is 0.291 e. The van der Waals surface area contributed by atoms with Crippen molar-refractivity contribution in [2.24, 2.45) is 0 Å². The average Bonchev–Trinajstić information content (AvgIpc) is 2.71. The molecule has 0 bridgehead atoms. The lowest BCUT2D eigenvalue weighted by atomic mass is 10.3.